The molecule has 2 fully saturated rings. The van der Waals surface area contributed by atoms with E-state index in [1.807, 2.05) is 13.8 Å². The third-order valence-corrected chi connectivity index (χ3v) is 4.84. The number of hydrogen-bond donors (Lipinski definition) is 2. The van der Waals surface area contributed by atoms with Crippen LogP contribution in [0.5, 0.6) is 0 Å². The summed E-state index contributed by atoms with van der Waals surface area (Å²) >= 11 is 0. The highest BCUT2D eigenvalue weighted by atomic mass is 16.2. The largest absolute Gasteiger partial charge is 0.308 e. The molecule has 21 heavy (non-hydrogen) atoms. The Balaban J connectivity index is 1.62. The molecule has 2 heterocycles. The fourth-order valence-corrected chi connectivity index (χ4v) is 3.17. The van der Waals surface area contributed by atoms with Gasteiger partial charge < -0.3 is 5.32 Å². The third kappa shape index (κ3) is 3.28. The van der Waals surface area contributed by atoms with Crippen molar-refractivity contribution < 1.29 is 4.79 Å². The lowest BCUT2D eigenvalue weighted by atomic mass is 10.2. The molecule has 1 unspecified atom stereocenters. The van der Waals surface area contributed by atoms with Gasteiger partial charge in [0, 0.05) is 17.2 Å². The van der Waals surface area contributed by atoms with Crippen LogP contribution in [0, 0.1) is 6.92 Å². The summed E-state index contributed by atoms with van der Waals surface area (Å²) in [6.45, 7) is 6.11. The molecule has 0 spiro atoms. The fourth-order valence-electron chi connectivity index (χ4n) is 3.17. The summed E-state index contributed by atoms with van der Waals surface area (Å²) in [5, 5.41) is 10.4. The summed E-state index contributed by atoms with van der Waals surface area (Å²) in [6, 6.07) is -0.0800. The molecular weight excluding hydrogens is 264 g/mol. The Morgan fingerprint density at radius 1 is 1.29 bits per heavy atom. The standard InChI is InChI=1S/C16H26N4O/c1-11-14(13-7-8-13)18-19-15(11)17-16(21)12(2)20-9-5-3-4-6-10-20/h12-13H,3-10H2,1-2H3,(H2,17,18,19,21). The van der Waals surface area contributed by atoms with E-state index >= 15 is 0 Å². The molecule has 3 rings (SSSR count). The van der Waals surface area contributed by atoms with Gasteiger partial charge in [-0.15, -0.1) is 0 Å². The van der Waals surface area contributed by atoms with Gasteiger partial charge in [-0.1, -0.05) is 12.8 Å². The lowest BCUT2D eigenvalue weighted by Gasteiger charge is -2.26. The van der Waals surface area contributed by atoms with Crippen LogP contribution >= 0.6 is 0 Å². The lowest BCUT2D eigenvalue weighted by molar-refractivity contribution is -0.120. The summed E-state index contributed by atoms with van der Waals surface area (Å²) < 4.78 is 0. The summed E-state index contributed by atoms with van der Waals surface area (Å²) in [7, 11) is 0. The van der Waals surface area contributed by atoms with E-state index in [-0.39, 0.29) is 11.9 Å². The predicted molar refractivity (Wildman–Crippen MR) is 83.4 cm³/mol. The zero-order valence-electron chi connectivity index (χ0n) is 13.1. The molecule has 2 N–H and O–H groups in total. The van der Waals surface area contributed by atoms with Gasteiger partial charge in [-0.05, 0) is 52.6 Å². The van der Waals surface area contributed by atoms with Crippen molar-refractivity contribution in [3.63, 3.8) is 0 Å². The highest BCUT2D eigenvalue weighted by Crippen LogP contribution is 2.41. The van der Waals surface area contributed by atoms with E-state index in [0.717, 1.165) is 18.7 Å². The van der Waals surface area contributed by atoms with Gasteiger partial charge in [0.1, 0.15) is 0 Å². The molecule has 1 saturated heterocycles. The molecule has 0 bridgehead atoms. The number of anilines is 1. The van der Waals surface area contributed by atoms with Crippen molar-refractivity contribution in [2.24, 2.45) is 0 Å². The van der Waals surface area contributed by atoms with Crippen LogP contribution in [0.2, 0.25) is 0 Å². The van der Waals surface area contributed by atoms with Crippen molar-refractivity contribution in [2.45, 2.75) is 64.3 Å². The summed E-state index contributed by atoms with van der Waals surface area (Å²) in [5.41, 5.74) is 2.31. The smallest absolute Gasteiger partial charge is 0.242 e. The zero-order valence-corrected chi connectivity index (χ0v) is 13.1. The average molecular weight is 290 g/mol. The maximum atomic E-state index is 12.5. The highest BCUT2D eigenvalue weighted by Gasteiger charge is 2.29. The van der Waals surface area contributed by atoms with Crippen molar-refractivity contribution in [3.05, 3.63) is 11.3 Å². The van der Waals surface area contributed by atoms with E-state index in [1.54, 1.807) is 0 Å². The minimum absolute atomic E-state index is 0.0637. The first-order valence-corrected chi connectivity index (χ1v) is 8.26. The molecule has 0 radical (unpaired) electrons. The summed E-state index contributed by atoms with van der Waals surface area (Å²) in [6.07, 6.45) is 7.44. The highest BCUT2D eigenvalue weighted by molar-refractivity contribution is 5.94. The second kappa shape index (κ2) is 6.18. The molecule has 1 atom stereocenters. The van der Waals surface area contributed by atoms with Crippen molar-refractivity contribution in [1.29, 1.82) is 0 Å². The van der Waals surface area contributed by atoms with Gasteiger partial charge in [-0.3, -0.25) is 14.8 Å². The minimum atomic E-state index is -0.0800. The number of hydrogen-bond acceptors (Lipinski definition) is 3. The van der Waals surface area contributed by atoms with Crippen molar-refractivity contribution in [3.8, 4) is 0 Å². The van der Waals surface area contributed by atoms with Crippen LogP contribution in [0.3, 0.4) is 0 Å². The van der Waals surface area contributed by atoms with Crippen LogP contribution in [0.4, 0.5) is 5.82 Å². The second-order valence-corrected chi connectivity index (χ2v) is 6.50. The third-order valence-electron chi connectivity index (χ3n) is 4.84. The molecule has 1 amide bonds. The fraction of sp³-hybridized carbons (Fsp3) is 0.750. The van der Waals surface area contributed by atoms with E-state index in [4.69, 9.17) is 0 Å². The Labute approximate surface area is 126 Å². The molecular formula is C16H26N4O. The number of nitrogens with zero attached hydrogens (tertiary/aromatic N) is 2. The van der Waals surface area contributed by atoms with Crippen LogP contribution in [0.25, 0.3) is 0 Å². The predicted octanol–water partition coefficient (Wildman–Crippen LogP) is 2.80. The van der Waals surface area contributed by atoms with Gasteiger partial charge in [-0.25, -0.2) is 0 Å². The van der Waals surface area contributed by atoms with Crippen LogP contribution < -0.4 is 5.32 Å². The molecule has 5 nitrogen and oxygen atoms in total. The molecule has 1 aliphatic carbocycles. The quantitative estimate of drug-likeness (QED) is 0.896. The van der Waals surface area contributed by atoms with Crippen LogP contribution in [0.1, 0.15) is 62.6 Å². The average Bonchev–Trinajstić information content (AvgIpc) is 3.28. The maximum Gasteiger partial charge on any atom is 0.242 e. The van der Waals surface area contributed by atoms with Crippen molar-refractivity contribution in [2.75, 3.05) is 18.4 Å². The van der Waals surface area contributed by atoms with Crippen molar-refractivity contribution >= 4 is 11.7 Å². The Bertz CT molecular complexity index is 498. The zero-order chi connectivity index (χ0) is 14.8. The van der Waals surface area contributed by atoms with Gasteiger partial charge in [-0.2, -0.15) is 5.10 Å². The van der Waals surface area contributed by atoms with Gasteiger partial charge >= 0.3 is 0 Å². The Morgan fingerprint density at radius 2 is 1.95 bits per heavy atom. The van der Waals surface area contributed by atoms with Crippen molar-refractivity contribution in [1.82, 2.24) is 15.1 Å². The number of amides is 1. The first kappa shape index (κ1) is 14.6. The monoisotopic (exact) mass is 290 g/mol. The Morgan fingerprint density at radius 3 is 2.57 bits per heavy atom. The lowest BCUT2D eigenvalue weighted by Crippen LogP contribution is -2.42. The number of carbonyl (C=O) groups excluding carboxylic acids is 1. The second-order valence-electron chi connectivity index (χ2n) is 6.50. The Hall–Kier alpha value is -1.36. The first-order valence-electron chi connectivity index (χ1n) is 8.26. The molecule has 1 aromatic heterocycles. The summed E-state index contributed by atoms with van der Waals surface area (Å²) in [5.74, 6) is 1.41. The van der Waals surface area contributed by atoms with E-state index in [0.29, 0.717) is 11.7 Å². The Kier molecular flexibility index (Phi) is 4.29. The minimum Gasteiger partial charge on any atom is -0.308 e. The van der Waals surface area contributed by atoms with Gasteiger partial charge in [0.05, 0.1) is 6.04 Å². The van der Waals surface area contributed by atoms with Gasteiger partial charge in [0.2, 0.25) is 5.91 Å². The first-order chi connectivity index (χ1) is 10.2. The number of aromatic amines is 1. The molecule has 1 aromatic rings. The number of likely N-dealkylation sites (tertiary alicyclic amines) is 1. The molecule has 1 aliphatic heterocycles. The van der Waals surface area contributed by atoms with E-state index in [9.17, 15) is 4.79 Å². The number of nitrogens with one attached hydrogen (secondary N) is 2. The topological polar surface area (TPSA) is 61.0 Å². The number of H-pyrrole nitrogens is 1. The number of rotatable bonds is 4. The van der Waals surface area contributed by atoms with Crippen LogP contribution in [-0.2, 0) is 4.79 Å². The van der Waals surface area contributed by atoms with E-state index < -0.39 is 0 Å². The van der Waals surface area contributed by atoms with E-state index in [1.165, 1.54) is 44.2 Å². The van der Waals surface area contributed by atoms with E-state index in [2.05, 4.69) is 20.4 Å². The molecule has 5 heteroatoms. The molecule has 2 aliphatic rings. The molecule has 0 aromatic carbocycles. The van der Waals surface area contributed by atoms with Gasteiger partial charge in [0.25, 0.3) is 0 Å². The normalized spacial score (nSPS) is 21.8. The molecule has 116 valence electrons. The van der Waals surface area contributed by atoms with Crippen LogP contribution in [0.15, 0.2) is 0 Å². The SMILES string of the molecule is Cc1c(NC(=O)C(C)N2CCCCCC2)n[nH]c1C1CC1. The van der Waals surface area contributed by atoms with Gasteiger partial charge in [0.15, 0.2) is 5.82 Å². The molecule has 1 saturated carbocycles. The summed E-state index contributed by atoms with van der Waals surface area (Å²) in [4.78, 5) is 14.8. The number of aromatic nitrogens is 2. The maximum absolute atomic E-state index is 12.5. The van der Waals surface area contributed by atoms with Crippen LogP contribution in [-0.4, -0.2) is 40.1 Å². The number of carbonyl (C=O) groups is 1.